The zero-order valence-corrected chi connectivity index (χ0v) is 12.2. The molecule has 5 heteroatoms. The Labute approximate surface area is 118 Å². The van der Waals surface area contributed by atoms with Crippen LogP contribution in [0.4, 0.5) is 0 Å². The molecule has 0 aliphatic carbocycles. The highest BCUT2D eigenvalue weighted by Crippen LogP contribution is 2.35. The van der Waals surface area contributed by atoms with Gasteiger partial charge in [-0.2, -0.15) is 11.3 Å². The molecule has 19 heavy (non-hydrogen) atoms. The highest BCUT2D eigenvalue weighted by Gasteiger charge is 2.43. The molecular formula is C14H22N2O2S. The summed E-state index contributed by atoms with van der Waals surface area (Å²) in [6.07, 6.45) is 2.10. The van der Waals surface area contributed by atoms with Gasteiger partial charge in [0.15, 0.2) is 5.79 Å². The van der Waals surface area contributed by atoms with Crippen molar-refractivity contribution in [1.29, 1.82) is 0 Å². The minimum absolute atomic E-state index is 0.103. The molecule has 0 radical (unpaired) electrons. The van der Waals surface area contributed by atoms with Crippen molar-refractivity contribution in [2.24, 2.45) is 5.73 Å². The van der Waals surface area contributed by atoms with Gasteiger partial charge in [0.1, 0.15) is 0 Å². The van der Waals surface area contributed by atoms with Crippen LogP contribution in [-0.2, 0) is 9.47 Å². The monoisotopic (exact) mass is 282 g/mol. The Kier molecular flexibility index (Phi) is 3.91. The maximum absolute atomic E-state index is 6.23. The third-order valence-corrected chi connectivity index (χ3v) is 4.74. The van der Waals surface area contributed by atoms with Gasteiger partial charge in [0.05, 0.1) is 25.8 Å². The van der Waals surface area contributed by atoms with Crippen molar-refractivity contribution in [2.45, 2.75) is 37.6 Å². The molecule has 0 amide bonds. The molecule has 1 aromatic rings. The molecule has 2 aliphatic rings. The van der Waals surface area contributed by atoms with Crippen LogP contribution < -0.4 is 5.73 Å². The molecule has 3 heterocycles. The fourth-order valence-electron chi connectivity index (χ4n) is 3.28. The molecule has 2 unspecified atom stereocenters. The summed E-state index contributed by atoms with van der Waals surface area (Å²) in [7, 11) is 0. The summed E-state index contributed by atoms with van der Waals surface area (Å²) in [5.74, 6) is -0.374. The van der Waals surface area contributed by atoms with Crippen molar-refractivity contribution in [3.63, 3.8) is 0 Å². The van der Waals surface area contributed by atoms with Gasteiger partial charge < -0.3 is 15.2 Å². The van der Waals surface area contributed by atoms with Gasteiger partial charge in [-0.25, -0.2) is 0 Å². The largest absolute Gasteiger partial charge is 0.346 e. The van der Waals surface area contributed by atoms with E-state index in [0.717, 1.165) is 39.1 Å². The van der Waals surface area contributed by atoms with Crippen molar-refractivity contribution in [3.05, 3.63) is 22.4 Å². The van der Waals surface area contributed by atoms with Gasteiger partial charge in [0, 0.05) is 12.5 Å². The maximum Gasteiger partial charge on any atom is 0.181 e. The number of ether oxygens (including phenoxy) is 2. The van der Waals surface area contributed by atoms with Crippen LogP contribution in [0, 0.1) is 0 Å². The predicted octanol–water partition coefficient (Wildman–Crippen LogP) is 1.98. The summed E-state index contributed by atoms with van der Waals surface area (Å²) in [5.41, 5.74) is 7.54. The maximum atomic E-state index is 6.23. The summed E-state index contributed by atoms with van der Waals surface area (Å²) in [5, 5.41) is 4.32. The number of likely N-dealkylation sites (tertiary alicyclic amines) is 1. The van der Waals surface area contributed by atoms with Gasteiger partial charge in [-0.15, -0.1) is 0 Å². The number of piperidine rings is 1. The van der Waals surface area contributed by atoms with Crippen LogP contribution in [0.25, 0.3) is 0 Å². The van der Waals surface area contributed by atoms with E-state index < -0.39 is 0 Å². The summed E-state index contributed by atoms with van der Waals surface area (Å²) < 4.78 is 11.7. The summed E-state index contributed by atoms with van der Waals surface area (Å²) in [6.45, 7) is 5.41. The molecule has 2 aliphatic heterocycles. The fraction of sp³-hybridized carbons (Fsp3) is 0.714. The van der Waals surface area contributed by atoms with Gasteiger partial charge in [-0.3, -0.25) is 4.90 Å². The minimum atomic E-state index is -0.374. The Balaban J connectivity index is 1.79. The molecule has 0 bridgehead atoms. The Morgan fingerprint density at radius 1 is 1.42 bits per heavy atom. The second kappa shape index (κ2) is 5.50. The van der Waals surface area contributed by atoms with E-state index in [1.165, 1.54) is 5.56 Å². The van der Waals surface area contributed by atoms with Crippen LogP contribution in [0.15, 0.2) is 16.8 Å². The average molecular weight is 282 g/mol. The first-order chi connectivity index (χ1) is 9.20. The Morgan fingerprint density at radius 2 is 2.21 bits per heavy atom. The lowest BCUT2D eigenvalue weighted by Gasteiger charge is -2.43. The Bertz CT molecular complexity index is 402. The lowest BCUT2D eigenvalue weighted by atomic mass is 9.96. The van der Waals surface area contributed by atoms with E-state index in [-0.39, 0.29) is 17.9 Å². The van der Waals surface area contributed by atoms with E-state index in [1.54, 1.807) is 11.3 Å². The van der Waals surface area contributed by atoms with Crippen molar-refractivity contribution >= 4 is 11.3 Å². The quantitative estimate of drug-likeness (QED) is 0.921. The number of hydrogen-bond donors (Lipinski definition) is 1. The smallest absolute Gasteiger partial charge is 0.181 e. The molecule has 2 atom stereocenters. The van der Waals surface area contributed by atoms with Crippen molar-refractivity contribution in [3.8, 4) is 0 Å². The van der Waals surface area contributed by atoms with Crippen molar-refractivity contribution in [2.75, 3.05) is 26.3 Å². The van der Waals surface area contributed by atoms with E-state index in [9.17, 15) is 0 Å². The topological polar surface area (TPSA) is 47.7 Å². The summed E-state index contributed by atoms with van der Waals surface area (Å²) in [4.78, 5) is 2.43. The zero-order chi connectivity index (χ0) is 13.3. The van der Waals surface area contributed by atoms with E-state index >= 15 is 0 Å². The van der Waals surface area contributed by atoms with Crippen LogP contribution in [0.5, 0.6) is 0 Å². The van der Waals surface area contributed by atoms with Gasteiger partial charge in [-0.1, -0.05) is 0 Å². The first kappa shape index (κ1) is 13.5. The lowest BCUT2D eigenvalue weighted by molar-refractivity contribution is -0.194. The van der Waals surface area contributed by atoms with Gasteiger partial charge in [-0.05, 0) is 42.3 Å². The Hall–Kier alpha value is -0.460. The third kappa shape index (κ3) is 2.71. The molecule has 3 rings (SSSR count). The molecule has 2 saturated heterocycles. The third-order valence-electron chi connectivity index (χ3n) is 4.04. The highest BCUT2D eigenvalue weighted by atomic mass is 32.1. The SMILES string of the molecule is CC(N)C(c1ccsc1)N1CCCC2(C1)OCCO2. The zero-order valence-electron chi connectivity index (χ0n) is 11.4. The van der Waals surface area contributed by atoms with E-state index in [1.807, 2.05) is 0 Å². The molecule has 2 fully saturated rings. The van der Waals surface area contributed by atoms with Crippen LogP contribution in [0.3, 0.4) is 0 Å². The number of thiophene rings is 1. The first-order valence-corrected chi connectivity index (χ1v) is 7.94. The van der Waals surface area contributed by atoms with Crippen molar-refractivity contribution < 1.29 is 9.47 Å². The molecule has 0 aromatic carbocycles. The molecule has 0 saturated carbocycles. The summed E-state index contributed by atoms with van der Waals surface area (Å²) in [6, 6.07) is 2.54. The first-order valence-electron chi connectivity index (χ1n) is 7.00. The van der Waals surface area contributed by atoms with Crippen LogP contribution in [-0.4, -0.2) is 43.0 Å². The highest BCUT2D eigenvalue weighted by molar-refractivity contribution is 7.07. The average Bonchev–Trinajstić information content (AvgIpc) is 3.02. The second-order valence-electron chi connectivity index (χ2n) is 5.54. The minimum Gasteiger partial charge on any atom is -0.346 e. The lowest BCUT2D eigenvalue weighted by Crippen LogP contribution is -2.52. The molecule has 2 N–H and O–H groups in total. The van der Waals surface area contributed by atoms with Gasteiger partial charge >= 0.3 is 0 Å². The molecule has 1 spiro atoms. The predicted molar refractivity (Wildman–Crippen MR) is 76.2 cm³/mol. The number of nitrogens with zero attached hydrogens (tertiary/aromatic N) is 1. The summed E-state index contributed by atoms with van der Waals surface area (Å²) >= 11 is 1.73. The molecule has 1 aromatic heterocycles. The Morgan fingerprint density at radius 3 is 2.84 bits per heavy atom. The fourth-order valence-corrected chi connectivity index (χ4v) is 3.97. The number of nitrogens with two attached hydrogens (primary N) is 1. The van der Waals surface area contributed by atoms with E-state index in [0.29, 0.717) is 0 Å². The van der Waals surface area contributed by atoms with Crippen LogP contribution in [0.2, 0.25) is 0 Å². The second-order valence-corrected chi connectivity index (χ2v) is 6.32. The van der Waals surface area contributed by atoms with Crippen LogP contribution >= 0.6 is 11.3 Å². The normalized spacial score (nSPS) is 26.6. The number of rotatable bonds is 3. The molecule has 4 nitrogen and oxygen atoms in total. The van der Waals surface area contributed by atoms with E-state index in [4.69, 9.17) is 15.2 Å². The van der Waals surface area contributed by atoms with Gasteiger partial charge in [0.25, 0.3) is 0 Å². The molecular weight excluding hydrogens is 260 g/mol. The van der Waals surface area contributed by atoms with Crippen molar-refractivity contribution in [1.82, 2.24) is 4.90 Å². The van der Waals surface area contributed by atoms with Gasteiger partial charge in [0.2, 0.25) is 0 Å². The van der Waals surface area contributed by atoms with E-state index in [2.05, 4.69) is 28.7 Å². The van der Waals surface area contributed by atoms with Crippen LogP contribution in [0.1, 0.15) is 31.4 Å². The standard InChI is InChI=1S/C14H22N2O2S/c1-11(15)13(12-3-8-19-9-12)16-5-2-4-14(10-16)17-6-7-18-14/h3,8-9,11,13H,2,4-7,10,15H2,1H3. The number of hydrogen-bond acceptors (Lipinski definition) is 5. The molecule has 106 valence electrons.